The standard InChI is InChI=1S/C20H31O3P/c1-17(2,3)14-9-10-16(15(11-14)18(4,5)6)22-24-21-13-19(7)12-20(19,8)23-24/h9-11H,12-13H2,1-8H3. The molecule has 1 aliphatic heterocycles. The van der Waals surface area contributed by atoms with Crippen molar-refractivity contribution in [2.24, 2.45) is 5.41 Å². The Hall–Kier alpha value is -0.630. The Morgan fingerprint density at radius 3 is 2.25 bits per heavy atom. The largest absolute Gasteiger partial charge is 0.426 e. The first kappa shape index (κ1) is 18.2. The van der Waals surface area contributed by atoms with Gasteiger partial charge in [0.15, 0.2) is 0 Å². The van der Waals surface area contributed by atoms with Crippen LogP contribution in [0.3, 0.4) is 0 Å². The molecular formula is C20H31O3P. The molecule has 3 unspecified atom stereocenters. The number of hydrogen-bond acceptors (Lipinski definition) is 3. The zero-order chi connectivity index (χ0) is 18.0. The molecule has 24 heavy (non-hydrogen) atoms. The number of hydrogen-bond donors (Lipinski definition) is 0. The molecule has 1 aromatic rings. The van der Waals surface area contributed by atoms with E-state index in [0.29, 0.717) is 0 Å². The number of benzene rings is 1. The number of fused-ring (bicyclic) bond motifs is 1. The molecule has 1 saturated heterocycles. The van der Waals surface area contributed by atoms with Crippen molar-refractivity contribution < 1.29 is 13.6 Å². The monoisotopic (exact) mass is 350 g/mol. The molecule has 0 bridgehead atoms. The third-order valence-corrected chi connectivity index (χ3v) is 6.71. The first-order valence-corrected chi connectivity index (χ1v) is 9.89. The van der Waals surface area contributed by atoms with Gasteiger partial charge in [0.1, 0.15) is 5.75 Å². The third kappa shape index (κ3) is 3.23. The first-order chi connectivity index (χ1) is 10.8. The molecule has 1 aliphatic carbocycles. The molecule has 0 aromatic heterocycles. The van der Waals surface area contributed by atoms with Gasteiger partial charge in [-0.3, -0.25) is 4.52 Å². The normalized spacial score (nSPS) is 33.1. The maximum atomic E-state index is 6.21. The smallest absolute Gasteiger partial charge is 0.397 e. The minimum Gasteiger partial charge on any atom is -0.426 e. The van der Waals surface area contributed by atoms with Crippen LogP contribution < -0.4 is 4.52 Å². The van der Waals surface area contributed by atoms with Gasteiger partial charge in [-0.05, 0) is 35.8 Å². The van der Waals surface area contributed by atoms with Crippen molar-refractivity contribution in [3.05, 3.63) is 29.3 Å². The van der Waals surface area contributed by atoms with Gasteiger partial charge in [0.2, 0.25) is 0 Å². The van der Waals surface area contributed by atoms with E-state index < -0.39 is 8.60 Å². The lowest BCUT2D eigenvalue weighted by Crippen LogP contribution is -2.27. The molecule has 1 heterocycles. The lowest BCUT2D eigenvalue weighted by Gasteiger charge is -2.32. The highest BCUT2D eigenvalue weighted by Gasteiger charge is 2.67. The molecule has 3 nitrogen and oxygen atoms in total. The van der Waals surface area contributed by atoms with Crippen molar-refractivity contribution in [2.45, 2.75) is 78.2 Å². The van der Waals surface area contributed by atoms with E-state index in [2.05, 4.69) is 73.6 Å². The van der Waals surface area contributed by atoms with Crippen molar-refractivity contribution >= 4 is 8.60 Å². The predicted molar refractivity (Wildman–Crippen MR) is 99.6 cm³/mol. The van der Waals surface area contributed by atoms with Crippen LogP contribution in [-0.4, -0.2) is 12.2 Å². The molecule has 0 spiro atoms. The highest BCUT2D eigenvalue weighted by atomic mass is 31.2. The molecule has 3 rings (SSSR count). The fourth-order valence-corrected chi connectivity index (χ4v) is 4.69. The Bertz CT molecular complexity index is 643. The van der Waals surface area contributed by atoms with E-state index in [4.69, 9.17) is 13.6 Å². The fourth-order valence-electron chi connectivity index (χ4n) is 3.22. The highest BCUT2D eigenvalue weighted by Crippen LogP contribution is 2.68. The van der Waals surface area contributed by atoms with Crippen LogP contribution in [0.5, 0.6) is 5.75 Å². The summed E-state index contributed by atoms with van der Waals surface area (Å²) in [5.74, 6) is 0.884. The summed E-state index contributed by atoms with van der Waals surface area (Å²) in [5.41, 5.74) is 2.73. The molecule has 1 saturated carbocycles. The second-order valence-corrected chi connectivity index (χ2v) is 10.9. The van der Waals surface area contributed by atoms with E-state index in [0.717, 1.165) is 18.8 Å². The van der Waals surface area contributed by atoms with Crippen LogP contribution in [0.15, 0.2) is 18.2 Å². The first-order valence-electron chi connectivity index (χ1n) is 8.79. The van der Waals surface area contributed by atoms with Gasteiger partial charge in [0.05, 0.1) is 12.2 Å². The average Bonchev–Trinajstić information content (AvgIpc) is 2.98. The Kier molecular flexibility index (Phi) is 4.11. The van der Waals surface area contributed by atoms with Gasteiger partial charge in [0, 0.05) is 11.0 Å². The minimum absolute atomic E-state index is 0.000287. The summed E-state index contributed by atoms with van der Waals surface area (Å²) in [7, 11) is -1.33. The van der Waals surface area contributed by atoms with Gasteiger partial charge in [-0.2, -0.15) is 0 Å². The Morgan fingerprint density at radius 1 is 1.04 bits per heavy atom. The molecule has 3 atom stereocenters. The quantitative estimate of drug-likeness (QED) is 0.603. The van der Waals surface area contributed by atoms with E-state index in [9.17, 15) is 0 Å². The van der Waals surface area contributed by atoms with Gasteiger partial charge in [-0.25, -0.2) is 0 Å². The van der Waals surface area contributed by atoms with Crippen molar-refractivity contribution in [1.29, 1.82) is 0 Å². The van der Waals surface area contributed by atoms with Crippen LogP contribution in [0, 0.1) is 5.41 Å². The topological polar surface area (TPSA) is 27.7 Å². The van der Waals surface area contributed by atoms with Crippen LogP contribution in [0.25, 0.3) is 0 Å². The van der Waals surface area contributed by atoms with E-state index in [-0.39, 0.29) is 21.8 Å². The predicted octanol–water partition coefficient (Wildman–Crippen LogP) is 6.10. The Morgan fingerprint density at radius 2 is 1.71 bits per heavy atom. The van der Waals surface area contributed by atoms with E-state index >= 15 is 0 Å². The molecule has 2 fully saturated rings. The Balaban J connectivity index is 1.85. The summed E-state index contributed by atoms with van der Waals surface area (Å²) >= 11 is 0. The summed E-state index contributed by atoms with van der Waals surface area (Å²) in [6, 6.07) is 6.52. The summed E-state index contributed by atoms with van der Waals surface area (Å²) in [6.45, 7) is 18.5. The lowest BCUT2D eigenvalue weighted by molar-refractivity contribution is 0.0452. The zero-order valence-electron chi connectivity index (χ0n) is 16.3. The van der Waals surface area contributed by atoms with E-state index in [1.165, 1.54) is 11.1 Å². The molecule has 0 amide bonds. The van der Waals surface area contributed by atoms with Crippen LogP contribution >= 0.6 is 8.60 Å². The second kappa shape index (κ2) is 5.43. The van der Waals surface area contributed by atoms with Crippen molar-refractivity contribution in [2.75, 3.05) is 6.61 Å². The maximum absolute atomic E-state index is 6.21. The Labute approximate surface area is 148 Å². The van der Waals surface area contributed by atoms with Gasteiger partial charge >= 0.3 is 8.60 Å². The molecule has 2 aliphatic rings. The maximum Gasteiger partial charge on any atom is 0.397 e. The van der Waals surface area contributed by atoms with Gasteiger partial charge in [-0.15, -0.1) is 0 Å². The van der Waals surface area contributed by atoms with Crippen LogP contribution in [0.4, 0.5) is 0 Å². The molecule has 4 heteroatoms. The fraction of sp³-hybridized carbons (Fsp3) is 0.700. The van der Waals surface area contributed by atoms with Crippen LogP contribution in [-0.2, 0) is 19.9 Å². The number of rotatable bonds is 2. The average molecular weight is 350 g/mol. The lowest BCUT2D eigenvalue weighted by atomic mass is 9.80. The van der Waals surface area contributed by atoms with Crippen LogP contribution in [0.2, 0.25) is 0 Å². The summed E-state index contributed by atoms with van der Waals surface area (Å²) in [5, 5.41) is 0. The summed E-state index contributed by atoms with van der Waals surface area (Å²) < 4.78 is 18.2. The molecular weight excluding hydrogens is 319 g/mol. The van der Waals surface area contributed by atoms with E-state index in [1.807, 2.05) is 0 Å². The molecule has 0 radical (unpaired) electrons. The highest BCUT2D eigenvalue weighted by molar-refractivity contribution is 7.42. The second-order valence-electron chi connectivity index (χ2n) is 9.86. The van der Waals surface area contributed by atoms with E-state index in [1.54, 1.807) is 0 Å². The van der Waals surface area contributed by atoms with Crippen molar-refractivity contribution in [1.82, 2.24) is 0 Å². The molecule has 1 aromatic carbocycles. The van der Waals surface area contributed by atoms with Gasteiger partial charge in [-0.1, -0.05) is 60.6 Å². The molecule has 134 valence electrons. The summed E-state index contributed by atoms with van der Waals surface area (Å²) in [4.78, 5) is 0. The van der Waals surface area contributed by atoms with Gasteiger partial charge < -0.3 is 9.05 Å². The minimum atomic E-state index is -1.33. The van der Waals surface area contributed by atoms with Gasteiger partial charge in [0.25, 0.3) is 0 Å². The SMILES string of the molecule is CC(C)(C)c1ccc(OP2OCC3(C)CC3(C)O2)c(C(C)(C)C)c1. The summed E-state index contributed by atoms with van der Waals surface area (Å²) in [6.07, 6.45) is 1.05. The zero-order valence-corrected chi connectivity index (χ0v) is 17.2. The third-order valence-electron chi connectivity index (χ3n) is 5.47. The van der Waals surface area contributed by atoms with Crippen molar-refractivity contribution in [3.8, 4) is 5.75 Å². The molecule has 0 N–H and O–H groups in total. The van der Waals surface area contributed by atoms with Crippen molar-refractivity contribution in [3.63, 3.8) is 0 Å². The van der Waals surface area contributed by atoms with Crippen LogP contribution in [0.1, 0.15) is 72.9 Å².